The van der Waals surface area contributed by atoms with Crippen LogP contribution in [0.1, 0.15) is 32.1 Å². The normalized spacial score (nSPS) is 17.0. The maximum Gasteiger partial charge on any atom is 0.149 e. The summed E-state index contributed by atoms with van der Waals surface area (Å²) < 4.78 is 5.77. The molecule has 0 saturated heterocycles. The van der Waals surface area contributed by atoms with Crippen molar-refractivity contribution < 1.29 is 9.84 Å². The summed E-state index contributed by atoms with van der Waals surface area (Å²) in [5.74, 6) is 6.83. The fourth-order valence-electron chi connectivity index (χ4n) is 2.90. The van der Waals surface area contributed by atoms with Crippen LogP contribution in [0.15, 0.2) is 42.5 Å². The molecule has 0 heterocycles. The van der Waals surface area contributed by atoms with Gasteiger partial charge < -0.3 is 9.84 Å². The smallest absolute Gasteiger partial charge is 0.149 e. The van der Waals surface area contributed by atoms with Gasteiger partial charge in [-0.05, 0) is 37.1 Å². The number of aliphatic hydroxyl groups is 1. The Kier molecular flexibility index (Phi) is 4.13. The first-order valence-corrected chi connectivity index (χ1v) is 7.60. The Bertz CT molecular complexity index is 667. The molecule has 0 radical (unpaired) electrons. The highest BCUT2D eigenvalue weighted by Crippen LogP contribution is 2.27. The molecule has 1 saturated carbocycles. The fourth-order valence-corrected chi connectivity index (χ4v) is 2.90. The molecule has 0 aromatic heterocycles. The van der Waals surface area contributed by atoms with Crippen molar-refractivity contribution in [2.75, 3.05) is 6.61 Å². The van der Waals surface area contributed by atoms with Gasteiger partial charge in [-0.1, -0.05) is 54.7 Å². The van der Waals surface area contributed by atoms with E-state index in [4.69, 9.17) is 4.74 Å². The molecule has 1 N–H and O–H groups in total. The van der Waals surface area contributed by atoms with Crippen molar-refractivity contribution in [1.29, 1.82) is 0 Å². The van der Waals surface area contributed by atoms with E-state index >= 15 is 0 Å². The average molecular weight is 280 g/mol. The molecular weight excluding hydrogens is 260 g/mol. The van der Waals surface area contributed by atoms with E-state index in [0.29, 0.717) is 6.61 Å². The first-order chi connectivity index (χ1) is 10.3. The van der Waals surface area contributed by atoms with Crippen molar-refractivity contribution in [3.8, 4) is 17.6 Å². The summed E-state index contributed by atoms with van der Waals surface area (Å²) in [5.41, 5.74) is -0.791. The molecule has 2 nitrogen and oxygen atoms in total. The molecule has 0 unspecified atom stereocenters. The number of hydrogen-bond donors (Lipinski definition) is 1. The van der Waals surface area contributed by atoms with E-state index in [1.165, 1.54) is 6.42 Å². The highest BCUT2D eigenvalue weighted by atomic mass is 16.5. The zero-order valence-corrected chi connectivity index (χ0v) is 12.1. The Balaban J connectivity index is 1.67. The van der Waals surface area contributed by atoms with Crippen LogP contribution in [0, 0.1) is 11.8 Å². The lowest BCUT2D eigenvalue weighted by molar-refractivity contribution is 0.0608. The van der Waals surface area contributed by atoms with E-state index < -0.39 is 5.60 Å². The largest absolute Gasteiger partial charge is 0.480 e. The summed E-state index contributed by atoms with van der Waals surface area (Å²) in [5, 5.41) is 12.6. The maximum atomic E-state index is 10.3. The quantitative estimate of drug-likeness (QED) is 0.845. The van der Waals surface area contributed by atoms with E-state index in [9.17, 15) is 5.11 Å². The van der Waals surface area contributed by atoms with Gasteiger partial charge in [0.15, 0.2) is 0 Å². The first kappa shape index (κ1) is 14.0. The van der Waals surface area contributed by atoms with Crippen molar-refractivity contribution in [2.45, 2.75) is 37.7 Å². The van der Waals surface area contributed by atoms with Crippen LogP contribution < -0.4 is 4.74 Å². The molecule has 0 amide bonds. The number of fused-ring (bicyclic) bond motifs is 1. The van der Waals surface area contributed by atoms with E-state index in [2.05, 4.69) is 24.0 Å². The Morgan fingerprint density at radius 2 is 1.76 bits per heavy atom. The Morgan fingerprint density at radius 1 is 1.00 bits per heavy atom. The minimum atomic E-state index is -0.791. The number of rotatable bonds is 2. The molecule has 0 aliphatic heterocycles. The van der Waals surface area contributed by atoms with Crippen LogP contribution in [0.25, 0.3) is 10.8 Å². The van der Waals surface area contributed by atoms with Gasteiger partial charge in [0.1, 0.15) is 18.0 Å². The molecule has 2 heteroatoms. The minimum Gasteiger partial charge on any atom is -0.480 e. The van der Waals surface area contributed by atoms with Crippen molar-refractivity contribution in [3.05, 3.63) is 42.5 Å². The maximum absolute atomic E-state index is 10.3. The summed E-state index contributed by atoms with van der Waals surface area (Å²) in [6.07, 6.45) is 4.91. The Hall–Kier alpha value is -1.98. The third kappa shape index (κ3) is 3.37. The SMILES string of the molecule is OC1(C#CCOc2cccc3ccccc23)CCCCC1. The minimum absolute atomic E-state index is 0.316. The lowest BCUT2D eigenvalue weighted by Gasteiger charge is -2.26. The van der Waals surface area contributed by atoms with Crippen LogP contribution in [0.2, 0.25) is 0 Å². The van der Waals surface area contributed by atoms with Gasteiger partial charge in [-0.15, -0.1) is 0 Å². The second-order valence-electron chi connectivity index (χ2n) is 5.66. The molecule has 0 atom stereocenters. The monoisotopic (exact) mass is 280 g/mol. The molecule has 3 rings (SSSR count). The lowest BCUT2D eigenvalue weighted by atomic mass is 9.85. The van der Waals surface area contributed by atoms with Gasteiger partial charge in [-0.25, -0.2) is 0 Å². The standard InChI is InChI=1S/C19H20O2/c20-19(12-4-1-5-13-19)14-7-15-21-18-11-6-9-16-8-2-3-10-17(16)18/h2-3,6,8-11,20H,1,4-5,12-13,15H2. The van der Waals surface area contributed by atoms with E-state index in [1.54, 1.807) is 0 Å². The summed E-state index contributed by atoms with van der Waals surface area (Å²) in [4.78, 5) is 0. The molecule has 21 heavy (non-hydrogen) atoms. The summed E-state index contributed by atoms with van der Waals surface area (Å²) >= 11 is 0. The molecule has 0 bridgehead atoms. The predicted molar refractivity (Wildman–Crippen MR) is 85.3 cm³/mol. The van der Waals surface area contributed by atoms with Crippen LogP contribution in [-0.4, -0.2) is 17.3 Å². The molecule has 1 aliphatic carbocycles. The molecule has 2 aromatic carbocycles. The van der Waals surface area contributed by atoms with Gasteiger partial charge >= 0.3 is 0 Å². The van der Waals surface area contributed by atoms with Crippen LogP contribution in [0.4, 0.5) is 0 Å². The molecular formula is C19H20O2. The van der Waals surface area contributed by atoms with Crippen molar-refractivity contribution in [2.24, 2.45) is 0 Å². The van der Waals surface area contributed by atoms with Crippen LogP contribution in [-0.2, 0) is 0 Å². The zero-order valence-electron chi connectivity index (χ0n) is 12.1. The predicted octanol–water partition coefficient (Wildman–Crippen LogP) is 3.92. The molecule has 1 fully saturated rings. The molecule has 108 valence electrons. The number of ether oxygens (including phenoxy) is 1. The highest BCUT2D eigenvalue weighted by Gasteiger charge is 2.26. The number of hydrogen-bond acceptors (Lipinski definition) is 2. The summed E-state index contributed by atoms with van der Waals surface area (Å²) in [7, 11) is 0. The second kappa shape index (κ2) is 6.20. The molecule has 0 spiro atoms. The van der Waals surface area contributed by atoms with Gasteiger partial charge in [0.05, 0.1) is 0 Å². The van der Waals surface area contributed by atoms with Gasteiger partial charge in [-0.2, -0.15) is 0 Å². The van der Waals surface area contributed by atoms with Gasteiger partial charge in [-0.3, -0.25) is 0 Å². The molecule has 2 aromatic rings. The van der Waals surface area contributed by atoms with Crippen LogP contribution in [0.5, 0.6) is 5.75 Å². The topological polar surface area (TPSA) is 29.5 Å². The van der Waals surface area contributed by atoms with Gasteiger partial charge in [0.2, 0.25) is 0 Å². The van der Waals surface area contributed by atoms with E-state index in [0.717, 1.165) is 42.2 Å². The third-order valence-electron chi connectivity index (χ3n) is 4.05. The van der Waals surface area contributed by atoms with Crippen LogP contribution >= 0.6 is 0 Å². The lowest BCUT2D eigenvalue weighted by Crippen LogP contribution is -2.29. The zero-order chi connectivity index (χ0) is 14.5. The third-order valence-corrected chi connectivity index (χ3v) is 4.05. The fraction of sp³-hybridized carbons (Fsp3) is 0.368. The van der Waals surface area contributed by atoms with Crippen molar-refractivity contribution >= 4 is 10.8 Å². The van der Waals surface area contributed by atoms with Crippen LogP contribution in [0.3, 0.4) is 0 Å². The Morgan fingerprint density at radius 3 is 2.62 bits per heavy atom. The summed E-state index contributed by atoms with van der Waals surface area (Å²) in [6, 6.07) is 14.2. The van der Waals surface area contributed by atoms with Gasteiger partial charge in [0.25, 0.3) is 0 Å². The van der Waals surface area contributed by atoms with Crippen molar-refractivity contribution in [1.82, 2.24) is 0 Å². The first-order valence-electron chi connectivity index (χ1n) is 7.60. The van der Waals surface area contributed by atoms with E-state index in [-0.39, 0.29) is 0 Å². The Labute approximate surface area is 125 Å². The van der Waals surface area contributed by atoms with Crippen molar-refractivity contribution in [3.63, 3.8) is 0 Å². The van der Waals surface area contributed by atoms with Gasteiger partial charge in [0, 0.05) is 5.39 Å². The second-order valence-corrected chi connectivity index (χ2v) is 5.66. The molecule has 1 aliphatic rings. The number of benzene rings is 2. The average Bonchev–Trinajstić information content (AvgIpc) is 2.52. The highest BCUT2D eigenvalue weighted by molar-refractivity contribution is 5.88. The summed E-state index contributed by atoms with van der Waals surface area (Å²) in [6.45, 7) is 0.316. The van der Waals surface area contributed by atoms with E-state index in [1.807, 2.05) is 30.3 Å².